The molecule has 3 atom stereocenters. The lowest BCUT2D eigenvalue weighted by atomic mass is 9.84. The maximum Gasteiger partial charge on any atom is 0.282 e. The third-order valence-corrected chi connectivity index (χ3v) is 5.69. The van der Waals surface area contributed by atoms with Gasteiger partial charge in [-0.2, -0.15) is 0 Å². The highest BCUT2D eigenvalue weighted by Crippen LogP contribution is 2.33. The molecule has 0 aliphatic carbocycles. The molecule has 2 fully saturated rings. The van der Waals surface area contributed by atoms with E-state index in [1.807, 2.05) is 24.3 Å². The van der Waals surface area contributed by atoms with E-state index in [1.54, 1.807) is 4.57 Å². The summed E-state index contributed by atoms with van der Waals surface area (Å²) in [6, 6.07) is 8.42. The zero-order valence-corrected chi connectivity index (χ0v) is 13.6. The second kappa shape index (κ2) is 5.95. The van der Waals surface area contributed by atoms with Crippen LogP contribution in [-0.2, 0) is 0 Å². The Bertz CT molecular complexity index is 780. The lowest BCUT2D eigenvalue weighted by Crippen LogP contribution is -2.51. The molecule has 1 aromatic heterocycles. The number of piperidine rings is 2. The molecule has 0 spiro atoms. The summed E-state index contributed by atoms with van der Waals surface area (Å²) in [6.45, 7) is 0. The summed E-state index contributed by atoms with van der Waals surface area (Å²) < 4.78 is 1.76. The molecule has 7 heteroatoms. The number of hydrogen-bond acceptors (Lipinski definition) is 5. The van der Waals surface area contributed by atoms with Gasteiger partial charge in [0.1, 0.15) is 0 Å². The van der Waals surface area contributed by atoms with Gasteiger partial charge in [-0.1, -0.05) is 18.6 Å². The van der Waals surface area contributed by atoms with Gasteiger partial charge in [0.05, 0.1) is 11.0 Å². The summed E-state index contributed by atoms with van der Waals surface area (Å²) in [7, 11) is -2.50. The molecule has 2 aliphatic heterocycles. The third-order valence-electron chi connectivity index (χ3n) is 5.02. The first-order valence-electron chi connectivity index (χ1n) is 8.08. The van der Waals surface area contributed by atoms with Crippen molar-refractivity contribution in [3.05, 3.63) is 34.6 Å². The fraction of sp³-hybridized carbons (Fsp3) is 0.500. The molecule has 0 amide bonds. The second-order valence-electron chi connectivity index (χ2n) is 6.51. The van der Waals surface area contributed by atoms with Crippen LogP contribution in [0.25, 0.3) is 11.0 Å². The van der Waals surface area contributed by atoms with Crippen molar-refractivity contribution in [2.45, 2.75) is 50.2 Å². The van der Waals surface area contributed by atoms with Crippen molar-refractivity contribution in [3.8, 4) is 0 Å². The highest BCUT2D eigenvalue weighted by molar-refractivity contribution is 7.53. The number of para-hydroxylation sites is 2. The van der Waals surface area contributed by atoms with Crippen LogP contribution < -0.4 is 16.3 Å². The highest BCUT2D eigenvalue weighted by Gasteiger charge is 2.33. The fourth-order valence-electron chi connectivity index (χ4n) is 4.08. The van der Waals surface area contributed by atoms with Crippen LogP contribution in [0.4, 0.5) is 0 Å². The van der Waals surface area contributed by atoms with E-state index in [4.69, 9.17) is 0 Å². The minimum absolute atomic E-state index is 0.0839. The Morgan fingerprint density at radius 2 is 1.87 bits per heavy atom. The lowest BCUT2D eigenvalue weighted by Gasteiger charge is -2.41. The molecule has 122 valence electrons. The van der Waals surface area contributed by atoms with Gasteiger partial charge >= 0.3 is 0 Å². The molecule has 0 radical (unpaired) electrons. The van der Waals surface area contributed by atoms with Crippen LogP contribution in [0.2, 0.25) is 0 Å². The first kappa shape index (κ1) is 15.2. The van der Waals surface area contributed by atoms with Crippen LogP contribution in [0.1, 0.15) is 38.1 Å². The van der Waals surface area contributed by atoms with Crippen LogP contribution in [0.3, 0.4) is 0 Å². The molecule has 1 aromatic carbocycles. The third kappa shape index (κ3) is 2.70. The smallest absolute Gasteiger partial charge is 0.282 e. The summed E-state index contributed by atoms with van der Waals surface area (Å²) in [5.41, 5.74) is 0.941. The van der Waals surface area contributed by atoms with E-state index in [0.29, 0.717) is 17.6 Å². The van der Waals surface area contributed by atoms with Gasteiger partial charge in [-0.15, -0.1) is 0 Å². The SMILES string of the molecule is O=c1c(P(O)O)nc2ccccc2n1C1CC2CCC[C@@H](C1)N2. The molecular weight excluding hydrogens is 313 g/mol. The van der Waals surface area contributed by atoms with Crippen molar-refractivity contribution in [1.29, 1.82) is 0 Å². The largest absolute Gasteiger partial charge is 0.345 e. The molecule has 6 nitrogen and oxygen atoms in total. The van der Waals surface area contributed by atoms with Crippen LogP contribution in [0.15, 0.2) is 29.1 Å². The Labute approximate surface area is 135 Å². The molecule has 23 heavy (non-hydrogen) atoms. The number of nitrogens with zero attached hydrogens (tertiary/aromatic N) is 2. The average molecular weight is 333 g/mol. The second-order valence-corrected chi connectivity index (χ2v) is 7.51. The summed E-state index contributed by atoms with van der Waals surface area (Å²) in [6.07, 6.45) is 5.33. The van der Waals surface area contributed by atoms with Gasteiger partial charge < -0.3 is 19.7 Å². The molecule has 4 rings (SSSR count). The van der Waals surface area contributed by atoms with E-state index in [2.05, 4.69) is 10.3 Å². The Morgan fingerprint density at radius 1 is 1.17 bits per heavy atom. The summed E-state index contributed by atoms with van der Waals surface area (Å²) in [5, 5.41) is 3.63. The summed E-state index contributed by atoms with van der Waals surface area (Å²) in [5.74, 6) is 0. The van der Waals surface area contributed by atoms with Crippen LogP contribution in [-0.4, -0.2) is 31.4 Å². The van der Waals surface area contributed by atoms with Gasteiger partial charge in [-0.25, -0.2) is 4.98 Å². The minimum atomic E-state index is -2.50. The topological polar surface area (TPSA) is 87.4 Å². The van der Waals surface area contributed by atoms with Gasteiger partial charge in [0.25, 0.3) is 5.56 Å². The molecule has 2 saturated heterocycles. The lowest BCUT2D eigenvalue weighted by molar-refractivity contribution is 0.189. The molecule has 2 bridgehead atoms. The molecule has 2 aliphatic rings. The van der Waals surface area contributed by atoms with Crippen molar-refractivity contribution < 1.29 is 9.79 Å². The standard InChI is InChI=1S/C16H20N3O3P/c20-16-15(23(21)22)18-13-6-1-2-7-14(13)19(16)12-8-10-4-3-5-11(9-12)17-10/h1-2,6-7,10-12,17,21-22H,3-5,8-9H2/t10-,11?,12?/m0/s1. The van der Waals surface area contributed by atoms with Gasteiger partial charge in [0.15, 0.2) is 5.44 Å². The van der Waals surface area contributed by atoms with Crippen LogP contribution >= 0.6 is 8.38 Å². The van der Waals surface area contributed by atoms with Gasteiger partial charge in [0.2, 0.25) is 8.38 Å². The van der Waals surface area contributed by atoms with Crippen LogP contribution in [0.5, 0.6) is 0 Å². The number of fused-ring (bicyclic) bond motifs is 3. The van der Waals surface area contributed by atoms with E-state index in [0.717, 1.165) is 31.2 Å². The first-order valence-corrected chi connectivity index (χ1v) is 9.33. The van der Waals surface area contributed by atoms with Crippen molar-refractivity contribution >= 4 is 24.8 Å². The molecule has 2 aromatic rings. The zero-order valence-electron chi connectivity index (χ0n) is 12.7. The normalized spacial score (nSPS) is 27.5. The number of aromatic nitrogens is 2. The van der Waals surface area contributed by atoms with Gasteiger partial charge in [-0.3, -0.25) is 4.79 Å². The molecular formula is C16H20N3O3P. The van der Waals surface area contributed by atoms with E-state index in [1.165, 1.54) is 6.42 Å². The monoisotopic (exact) mass is 333 g/mol. The van der Waals surface area contributed by atoms with E-state index in [-0.39, 0.29) is 17.0 Å². The van der Waals surface area contributed by atoms with Crippen molar-refractivity contribution in [2.75, 3.05) is 0 Å². The van der Waals surface area contributed by atoms with Crippen molar-refractivity contribution in [3.63, 3.8) is 0 Å². The fourth-order valence-corrected chi connectivity index (χ4v) is 4.56. The minimum Gasteiger partial charge on any atom is -0.345 e. The maximum absolute atomic E-state index is 12.8. The number of hydrogen-bond donors (Lipinski definition) is 3. The Balaban J connectivity index is 1.88. The van der Waals surface area contributed by atoms with Crippen molar-refractivity contribution in [2.24, 2.45) is 0 Å². The molecule has 3 heterocycles. The average Bonchev–Trinajstić information content (AvgIpc) is 2.53. The number of benzene rings is 1. The van der Waals surface area contributed by atoms with E-state index < -0.39 is 8.38 Å². The highest BCUT2D eigenvalue weighted by atomic mass is 31.2. The summed E-state index contributed by atoms with van der Waals surface area (Å²) in [4.78, 5) is 36.2. The molecule has 0 saturated carbocycles. The van der Waals surface area contributed by atoms with E-state index in [9.17, 15) is 14.6 Å². The van der Waals surface area contributed by atoms with Gasteiger partial charge in [0, 0.05) is 18.1 Å². The number of nitrogens with one attached hydrogen (secondary N) is 1. The van der Waals surface area contributed by atoms with Gasteiger partial charge in [-0.05, 0) is 37.8 Å². The van der Waals surface area contributed by atoms with E-state index >= 15 is 0 Å². The molecule has 2 unspecified atom stereocenters. The maximum atomic E-state index is 12.8. The van der Waals surface area contributed by atoms with Crippen molar-refractivity contribution in [1.82, 2.24) is 14.9 Å². The Kier molecular flexibility index (Phi) is 3.93. The molecule has 3 N–H and O–H groups in total. The zero-order chi connectivity index (χ0) is 16.0. The predicted molar refractivity (Wildman–Crippen MR) is 89.8 cm³/mol. The predicted octanol–water partition coefficient (Wildman–Crippen LogP) is 1.16. The first-order chi connectivity index (χ1) is 11.1. The number of rotatable bonds is 2. The Morgan fingerprint density at radius 3 is 2.57 bits per heavy atom. The Hall–Kier alpha value is -1.33. The quantitative estimate of drug-likeness (QED) is 0.718. The summed E-state index contributed by atoms with van der Waals surface area (Å²) >= 11 is 0. The van der Waals surface area contributed by atoms with Crippen LogP contribution in [0, 0.1) is 0 Å².